The first-order valence-corrected chi connectivity index (χ1v) is 8.83. The highest BCUT2D eigenvalue weighted by atomic mass is 32.1. The smallest absolute Gasteiger partial charge is 0.244 e. The highest BCUT2D eigenvalue weighted by Gasteiger charge is 2.24. The number of hydrogen-bond acceptors (Lipinski definition) is 5. The van der Waals surface area contributed by atoms with Crippen molar-refractivity contribution in [1.29, 1.82) is 0 Å². The summed E-state index contributed by atoms with van der Waals surface area (Å²) in [6.07, 6.45) is 0.938. The minimum atomic E-state index is -0.214. The molecule has 3 rings (SSSR count). The highest BCUT2D eigenvalue weighted by molar-refractivity contribution is 7.10. The second-order valence-electron chi connectivity index (χ2n) is 6.38. The van der Waals surface area contributed by atoms with E-state index < -0.39 is 0 Å². The molecule has 0 spiro atoms. The van der Waals surface area contributed by atoms with Gasteiger partial charge in [-0.3, -0.25) is 4.79 Å². The van der Waals surface area contributed by atoms with Gasteiger partial charge in [-0.15, -0.1) is 11.3 Å². The van der Waals surface area contributed by atoms with Crippen LogP contribution in [0, 0.1) is 12.8 Å². The topological polar surface area (TPSA) is 77.0 Å². The van der Waals surface area contributed by atoms with Crippen LogP contribution in [0.4, 0.5) is 0 Å². The van der Waals surface area contributed by atoms with Gasteiger partial charge >= 0.3 is 0 Å². The van der Waals surface area contributed by atoms with E-state index in [-0.39, 0.29) is 24.4 Å². The summed E-state index contributed by atoms with van der Waals surface area (Å²) in [5, 5.41) is 6.46. The Balaban J connectivity index is 1.74. The van der Waals surface area contributed by atoms with Crippen LogP contribution in [0.2, 0.25) is 0 Å². The molecule has 0 aromatic carbocycles. The normalized spacial score (nSPS) is 15.8. The molecule has 0 saturated heterocycles. The Morgan fingerprint density at radius 2 is 2.26 bits per heavy atom. The van der Waals surface area contributed by atoms with Crippen molar-refractivity contribution in [1.82, 2.24) is 19.7 Å². The summed E-state index contributed by atoms with van der Waals surface area (Å²) in [4.78, 5) is 20.4. The van der Waals surface area contributed by atoms with Crippen molar-refractivity contribution in [3.8, 4) is 0 Å². The highest BCUT2D eigenvalue weighted by Crippen LogP contribution is 2.24. The average molecular weight is 333 g/mol. The largest absolute Gasteiger partial charge is 0.336 e. The first kappa shape index (κ1) is 16.1. The zero-order chi connectivity index (χ0) is 16.6. The van der Waals surface area contributed by atoms with Gasteiger partial charge in [0.25, 0.3) is 0 Å². The lowest BCUT2D eigenvalue weighted by atomic mass is 10.1. The molecule has 2 aromatic rings. The number of carbonyl (C=O) groups is 1. The molecule has 7 heteroatoms. The predicted octanol–water partition coefficient (Wildman–Crippen LogP) is 1.89. The Bertz CT molecular complexity index is 705. The van der Waals surface area contributed by atoms with Crippen molar-refractivity contribution in [3.63, 3.8) is 0 Å². The van der Waals surface area contributed by atoms with Crippen molar-refractivity contribution in [2.24, 2.45) is 11.7 Å². The number of amides is 1. The van der Waals surface area contributed by atoms with Gasteiger partial charge in [0.15, 0.2) is 0 Å². The van der Waals surface area contributed by atoms with E-state index in [4.69, 9.17) is 5.73 Å². The maximum atomic E-state index is 12.7. The van der Waals surface area contributed by atoms with E-state index in [9.17, 15) is 4.79 Å². The molecule has 1 amide bonds. The van der Waals surface area contributed by atoms with Gasteiger partial charge in [0.05, 0.1) is 6.04 Å². The summed E-state index contributed by atoms with van der Waals surface area (Å²) in [5.41, 5.74) is 7.48. The molecule has 124 valence electrons. The Morgan fingerprint density at radius 1 is 1.48 bits per heavy atom. The molecule has 23 heavy (non-hydrogen) atoms. The predicted molar refractivity (Wildman–Crippen MR) is 90.0 cm³/mol. The summed E-state index contributed by atoms with van der Waals surface area (Å²) in [6, 6.07) is 1.90. The first-order chi connectivity index (χ1) is 11.0. The molecule has 6 nitrogen and oxygen atoms in total. The van der Waals surface area contributed by atoms with Gasteiger partial charge in [-0.05, 0) is 36.3 Å². The Kier molecular flexibility index (Phi) is 4.50. The lowest BCUT2D eigenvalue weighted by molar-refractivity contribution is -0.133. The number of carbonyl (C=O) groups excluding carboxylic acids is 1. The van der Waals surface area contributed by atoms with Crippen molar-refractivity contribution in [2.75, 3.05) is 6.54 Å². The molecular formula is C16H23N5OS. The summed E-state index contributed by atoms with van der Waals surface area (Å²) in [5.74, 6) is 1.67. The number of aryl methyl sites for hydroxylation is 1. The van der Waals surface area contributed by atoms with Crippen LogP contribution in [0.15, 0.2) is 11.4 Å². The summed E-state index contributed by atoms with van der Waals surface area (Å²) in [6.45, 7) is 7.59. The fraction of sp³-hybridized carbons (Fsp3) is 0.562. The van der Waals surface area contributed by atoms with Crippen molar-refractivity contribution in [2.45, 2.75) is 46.3 Å². The number of nitrogens with two attached hydrogens (primary N) is 1. The van der Waals surface area contributed by atoms with E-state index in [1.54, 1.807) is 16.0 Å². The molecule has 0 fully saturated rings. The SMILES string of the molecule is Cc1nc(C(N)C(C)C)n(CC(=O)N2CCc3sccc3C2)n1. The Labute approximate surface area is 140 Å². The van der Waals surface area contributed by atoms with Crippen LogP contribution >= 0.6 is 11.3 Å². The van der Waals surface area contributed by atoms with Crippen LogP contribution in [-0.4, -0.2) is 32.1 Å². The lowest BCUT2D eigenvalue weighted by Gasteiger charge is -2.27. The zero-order valence-corrected chi connectivity index (χ0v) is 14.6. The second kappa shape index (κ2) is 6.41. The lowest BCUT2D eigenvalue weighted by Crippen LogP contribution is -2.38. The third-order valence-electron chi connectivity index (χ3n) is 4.27. The number of rotatable bonds is 4. The van der Waals surface area contributed by atoms with Gasteiger partial charge in [-0.2, -0.15) is 5.10 Å². The molecule has 1 aliphatic heterocycles. The standard InChI is InChI=1S/C16H23N5OS/c1-10(2)15(17)16-18-11(3)19-21(16)9-14(22)20-6-4-13-12(8-20)5-7-23-13/h5,7,10,15H,4,6,8-9,17H2,1-3H3. The van der Waals surface area contributed by atoms with Crippen LogP contribution in [0.3, 0.4) is 0 Å². The first-order valence-electron chi connectivity index (χ1n) is 7.95. The molecule has 0 radical (unpaired) electrons. The molecule has 3 heterocycles. The van der Waals surface area contributed by atoms with Crippen molar-refractivity contribution < 1.29 is 4.79 Å². The van der Waals surface area contributed by atoms with E-state index in [2.05, 4.69) is 21.5 Å². The summed E-state index contributed by atoms with van der Waals surface area (Å²) >= 11 is 1.77. The van der Waals surface area contributed by atoms with Gasteiger partial charge in [0.2, 0.25) is 5.91 Å². The second-order valence-corrected chi connectivity index (χ2v) is 7.38. The van der Waals surface area contributed by atoms with Crippen molar-refractivity contribution in [3.05, 3.63) is 33.5 Å². The quantitative estimate of drug-likeness (QED) is 0.927. The number of hydrogen-bond donors (Lipinski definition) is 1. The van der Waals surface area contributed by atoms with E-state index in [1.807, 2.05) is 25.7 Å². The van der Waals surface area contributed by atoms with E-state index in [0.717, 1.165) is 13.0 Å². The third-order valence-corrected chi connectivity index (χ3v) is 5.29. The van der Waals surface area contributed by atoms with Crippen LogP contribution in [0.1, 0.15) is 42.0 Å². The van der Waals surface area contributed by atoms with Gasteiger partial charge in [-0.1, -0.05) is 13.8 Å². The van der Waals surface area contributed by atoms with Crippen LogP contribution < -0.4 is 5.73 Å². The molecular weight excluding hydrogens is 310 g/mol. The van der Waals surface area contributed by atoms with Crippen LogP contribution in [0.25, 0.3) is 0 Å². The zero-order valence-electron chi connectivity index (χ0n) is 13.8. The Hall–Kier alpha value is -1.73. The molecule has 0 aliphatic carbocycles. The van der Waals surface area contributed by atoms with E-state index in [1.165, 1.54) is 10.4 Å². The summed E-state index contributed by atoms with van der Waals surface area (Å²) in [7, 11) is 0. The van der Waals surface area contributed by atoms with Gasteiger partial charge in [-0.25, -0.2) is 9.67 Å². The maximum absolute atomic E-state index is 12.7. The summed E-state index contributed by atoms with van der Waals surface area (Å²) < 4.78 is 1.67. The monoisotopic (exact) mass is 333 g/mol. The minimum Gasteiger partial charge on any atom is -0.336 e. The molecule has 1 unspecified atom stereocenters. The molecule has 2 aromatic heterocycles. The van der Waals surface area contributed by atoms with Gasteiger partial charge in [0, 0.05) is 18.0 Å². The number of fused-ring (bicyclic) bond motifs is 1. The number of aromatic nitrogens is 3. The third kappa shape index (κ3) is 3.30. The molecule has 1 atom stereocenters. The van der Waals surface area contributed by atoms with Gasteiger partial charge < -0.3 is 10.6 Å². The van der Waals surface area contributed by atoms with Crippen LogP contribution in [0.5, 0.6) is 0 Å². The average Bonchev–Trinajstić information content (AvgIpc) is 3.11. The van der Waals surface area contributed by atoms with Crippen molar-refractivity contribution >= 4 is 17.2 Å². The van der Waals surface area contributed by atoms with E-state index >= 15 is 0 Å². The Morgan fingerprint density at radius 3 is 3.00 bits per heavy atom. The minimum absolute atomic E-state index is 0.0731. The number of nitrogens with zero attached hydrogens (tertiary/aromatic N) is 4. The fourth-order valence-electron chi connectivity index (χ4n) is 2.82. The van der Waals surface area contributed by atoms with E-state index in [0.29, 0.717) is 18.2 Å². The molecule has 2 N–H and O–H groups in total. The number of thiophene rings is 1. The fourth-order valence-corrected chi connectivity index (χ4v) is 3.71. The molecule has 1 aliphatic rings. The van der Waals surface area contributed by atoms with Crippen LogP contribution in [-0.2, 0) is 24.3 Å². The molecule has 0 saturated carbocycles. The maximum Gasteiger partial charge on any atom is 0.244 e. The van der Waals surface area contributed by atoms with Gasteiger partial charge in [0.1, 0.15) is 18.2 Å². The molecule has 0 bridgehead atoms.